The Balaban J connectivity index is 2.04. The summed E-state index contributed by atoms with van der Waals surface area (Å²) in [6, 6.07) is 6.15. The Morgan fingerprint density at radius 3 is 2.41 bits per heavy atom. The number of benzene rings is 1. The maximum Gasteiger partial charge on any atom is 0.191 e. The van der Waals surface area contributed by atoms with E-state index in [1.54, 1.807) is 7.05 Å². The first-order valence-corrected chi connectivity index (χ1v) is 10.6. The molecule has 1 atom stereocenters. The highest BCUT2D eigenvalue weighted by Gasteiger charge is 2.34. The van der Waals surface area contributed by atoms with Gasteiger partial charge in [0.1, 0.15) is 0 Å². The van der Waals surface area contributed by atoms with E-state index in [4.69, 9.17) is 14.2 Å². The molecule has 1 heterocycles. The Morgan fingerprint density at radius 1 is 1.17 bits per heavy atom. The molecule has 1 saturated heterocycles. The van der Waals surface area contributed by atoms with E-state index < -0.39 is 0 Å². The first kappa shape index (κ1) is 23.3. The molecule has 1 aliphatic rings. The third kappa shape index (κ3) is 6.24. The Labute approximate surface area is 175 Å². The molecule has 0 radical (unpaired) electrons. The lowest BCUT2D eigenvalue weighted by Crippen LogP contribution is -2.57. The molecule has 0 bridgehead atoms. The van der Waals surface area contributed by atoms with Gasteiger partial charge in [0, 0.05) is 32.3 Å². The first-order chi connectivity index (χ1) is 14.0. The van der Waals surface area contributed by atoms with Crippen molar-refractivity contribution in [2.45, 2.75) is 45.2 Å². The number of guanidine groups is 1. The normalized spacial score (nSPS) is 17.7. The van der Waals surface area contributed by atoms with E-state index >= 15 is 0 Å². The monoisotopic (exact) mass is 406 g/mol. The highest BCUT2D eigenvalue weighted by atomic mass is 16.5. The summed E-state index contributed by atoms with van der Waals surface area (Å²) < 4.78 is 17.0. The molecule has 0 aliphatic carbocycles. The summed E-state index contributed by atoms with van der Waals surface area (Å²) in [5, 5.41) is 7.01. The van der Waals surface area contributed by atoms with Crippen LogP contribution in [0.25, 0.3) is 0 Å². The van der Waals surface area contributed by atoms with Gasteiger partial charge in [-0.05, 0) is 65.4 Å². The maximum atomic E-state index is 5.76. The highest BCUT2D eigenvalue weighted by Crippen LogP contribution is 2.31. The van der Waals surface area contributed by atoms with Gasteiger partial charge in [-0.1, -0.05) is 6.07 Å². The van der Waals surface area contributed by atoms with E-state index in [9.17, 15) is 0 Å². The Hall–Kier alpha value is -1.99. The van der Waals surface area contributed by atoms with Crippen LogP contribution in [0.15, 0.2) is 23.2 Å². The molecule has 1 fully saturated rings. The first-order valence-electron chi connectivity index (χ1n) is 10.6. The summed E-state index contributed by atoms with van der Waals surface area (Å²) in [6.45, 7) is 9.71. The van der Waals surface area contributed by atoms with Gasteiger partial charge in [0.05, 0.1) is 19.3 Å². The second-order valence-electron chi connectivity index (χ2n) is 7.60. The van der Waals surface area contributed by atoms with E-state index in [1.165, 1.54) is 0 Å². The van der Waals surface area contributed by atoms with Gasteiger partial charge >= 0.3 is 0 Å². The predicted octanol–water partition coefficient (Wildman–Crippen LogP) is 2.82. The molecule has 1 aromatic rings. The summed E-state index contributed by atoms with van der Waals surface area (Å²) in [5.74, 6) is 2.34. The van der Waals surface area contributed by atoms with Gasteiger partial charge in [-0.2, -0.15) is 0 Å². The topological polar surface area (TPSA) is 67.4 Å². The molecule has 0 saturated carbocycles. The lowest BCUT2D eigenvalue weighted by Gasteiger charge is -2.43. The molecule has 2 rings (SSSR count). The van der Waals surface area contributed by atoms with Gasteiger partial charge in [-0.15, -0.1) is 0 Å². The minimum Gasteiger partial charge on any atom is -0.490 e. The van der Waals surface area contributed by atoms with Crippen LogP contribution in [0.3, 0.4) is 0 Å². The number of nitrogens with zero attached hydrogens (tertiary/aromatic N) is 2. The van der Waals surface area contributed by atoms with Crippen LogP contribution in [0.2, 0.25) is 0 Å². The highest BCUT2D eigenvalue weighted by molar-refractivity contribution is 5.80. The number of aliphatic imine (C=N–C) groups is 1. The number of hydrogen-bond acceptors (Lipinski definition) is 5. The third-order valence-electron chi connectivity index (χ3n) is 5.60. The van der Waals surface area contributed by atoms with Gasteiger partial charge in [0.2, 0.25) is 0 Å². The van der Waals surface area contributed by atoms with Crippen LogP contribution in [-0.2, 0) is 4.74 Å². The minimum absolute atomic E-state index is 0.0704. The van der Waals surface area contributed by atoms with Crippen LogP contribution in [0.1, 0.15) is 45.2 Å². The van der Waals surface area contributed by atoms with Crippen LogP contribution in [0.5, 0.6) is 11.5 Å². The van der Waals surface area contributed by atoms with Gasteiger partial charge in [0.15, 0.2) is 17.5 Å². The van der Waals surface area contributed by atoms with E-state index in [2.05, 4.69) is 47.6 Å². The van der Waals surface area contributed by atoms with Crippen LogP contribution in [-0.4, -0.2) is 70.5 Å². The van der Waals surface area contributed by atoms with Crippen molar-refractivity contribution in [1.82, 2.24) is 15.5 Å². The Bertz CT molecular complexity index is 657. The SMILES string of the molecule is CCOc1ccc(C(C)NC(=NC)NCC2(N(C)C)CCOCC2)cc1OCC. The van der Waals surface area contributed by atoms with Crippen LogP contribution >= 0.6 is 0 Å². The largest absolute Gasteiger partial charge is 0.490 e. The lowest BCUT2D eigenvalue weighted by atomic mass is 9.88. The molecule has 2 N–H and O–H groups in total. The molecular formula is C22H38N4O3. The number of ether oxygens (including phenoxy) is 3. The van der Waals surface area contributed by atoms with Crippen molar-refractivity contribution in [3.8, 4) is 11.5 Å². The van der Waals surface area contributed by atoms with Gasteiger partial charge in [-0.3, -0.25) is 4.99 Å². The molecule has 0 amide bonds. The molecule has 7 nitrogen and oxygen atoms in total. The second kappa shape index (κ2) is 11.3. The van der Waals surface area contributed by atoms with E-state index in [-0.39, 0.29) is 11.6 Å². The second-order valence-corrected chi connectivity index (χ2v) is 7.60. The van der Waals surface area contributed by atoms with Gasteiger partial charge in [-0.25, -0.2) is 0 Å². The van der Waals surface area contributed by atoms with Gasteiger partial charge in [0.25, 0.3) is 0 Å². The fraction of sp³-hybridized carbons (Fsp3) is 0.682. The molecule has 1 aromatic carbocycles. The standard InChI is InChI=1S/C22H38N4O3/c1-7-28-19-10-9-18(15-20(19)29-8-2)17(3)25-21(23-4)24-16-22(26(5)6)11-13-27-14-12-22/h9-10,15,17H,7-8,11-14,16H2,1-6H3,(H2,23,24,25). The van der Waals surface area contributed by atoms with Crippen molar-refractivity contribution in [2.24, 2.45) is 4.99 Å². The average Bonchev–Trinajstić information content (AvgIpc) is 2.73. The summed E-state index contributed by atoms with van der Waals surface area (Å²) in [7, 11) is 6.08. The zero-order chi connectivity index (χ0) is 21.3. The molecule has 0 spiro atoms. The number of rotatable bonds is 9. The zero-order valence-electron chi connectivity index (χ0n) is 18.9. The molecule has 7 heteroatoms. The molecule has 0 aromatic heterocycles. The van der Waals surface area contributed by atoms with Crippen LogP contribution < -0.4 is 20.1 Å². The van der Waals surface area contributed by atoms with Gasteiger partial charge < -0.3 is 29.7 Å². The van der Waals surface area contributed by atoms with Crippen molar-refractivity contribution in [2.75, 3.05) is 54.1 Å². The van der Waals surface area contributed by atoms with Crippen LogP contribution in [0.4, 0.5) is 0 Å². The predicted molar refractivity (Wildman–Crippen MR) is 118 cm³/mol. The summed E-state index contributed by atoms with van der Waals surface area (Å²) in [4.78, 5) is 6.73. The Morgan fingerprint density at radius 2 is 1.83 bits per heavy atom. The minimum atomic E-state index is 0.0704. The smallest absolute Gasteiger partial charge is 0.191 e. The fourth-order valence-electron chi connectivity index (χ4n) is 3.60. The quantitative estimate of drug-likeness (QED) is 0.486. The summed E-state index contributed by atoms with van der Waals surface area (Å²) in [6.07, 6.45) is 2.02. The fourth-order valence-corrected chi connectivity index (χ4v) is 3.60. The van der Waals surface area contributed by atoms with Crippen molar-refractivity contribution >= 4 is 5.96 Å². The van der Waals surface area contributed by atoms with Crippen LogP contribution in [0, 0.1) is 0 Å². The summed E-state index contributed by atoms with van der Waals surface area (Å²) >= 11 is 0. The van der Waals surface area contributed by atoms with E-state index in [0.717, 1.165) is 55.6 Å². The van der Waals surface area contributed by atoms with Crippen molar-refractivity contribution in [3.05, 3.63) is 23.8 Å². The molecule has 29 heavy (non-hydrogen) atoms. The van der Waals surface area contributed by atoms with Crippen molar-refractivity contribution in [1.29, 1.82) is 0 Å². The summed E-state index contributed by atoms with van der Waals surface area (Å²) in [5.41, 5.74) is 1.20. The van der Waals surface area contributed by atoms with E-state index in [1.807, 2.05) is 26.0 Å². The average molecular weight is 407 g/mol. The van der Waals surface area contributed by atoms with Crippen molar-refractivity contribution < 1.29 is 14.2 Å². The maximum absolute atomic E-state index is 5.76. The Kier molecular flexibility index (Phi) is 9.04. The number of hydrogen-bond donors (Lipinski definition) is 2. The molecular weight excluding hydrogens is 368 g/mol. The zero-order valence-corrected chi connectivity index (χ0v) is 18.9. The molecule has 164 valence electrons. The lowest BCUT2D eigenvalue weighted by molar-refractivity contribution is -0.00502. The third-order valence-corrected chi connectivity index (χ3v) is 5.60. The van der Waals surface area contributed by atoms with Crippen molar-refractivity contribution in [3.63, 3.8) is 0 Å². The number of likely N-dealkylation sites (N-methyl/N-ethyl adjacent to an activating group) is 1. The molecule has 1 unspecified atom stereocenters. The number of nitrogens with one attached hydrogen (secondary N) is 2. The van der Waals surface area contributed by atoms with E-state index in [0.29, 0.717) is 13.2 Å². The molecule has 1 aliphatic heterocycles.